The summed E-state index contributed by atoms with van der Waals surface area (Å²) >= 11 is 0. The summed E-state index contributed by atoms with van der Waals surface area (Å²) in [5.74, 6) is 0.663. The van der Waals surface area contributed by atoms with Gasteiger partial charge in [-0.3, -0.25) is 0 Å². The van der Waals surface area contributed by atoms with E-state index in [-0.39, 0.29) is 5.41 Å². The lowest BCUT2D eigenvalue weighted by molar-refractivity contribution is 0.334. The monoisotopic (exact) mass is 202 g/mol. The van der Waals surface area contributed by atoms with Crippen molar-refractivity contribution < 1.29 is 0 Å². The zero-order valence-electron chi connectivity index (χ0n) is 10.5. The standard InChI is InChI=1S/C15H22/c1-12(2)15(4,5)11-13(3)14-9-7-6-8-10-14/h6-12H,1-5H3. The van der Waals surface area contributed by atoms with Crippen LogP contribution < -0.4 is 0 Å². The first-order valence-corrected chi connectivity index (χ1v) is 5.68. The van der Waals surface area contributed by atoms with E-state index >= 15 is 0 Å². The molecule has 0 spiro atoms. The van der Waals surface area contributed by atoms with Crippen LogP contribution in [0, 0.1) is 11.3 Å². The fourth-order valence-corrected chi connectivity index (χ4v) is 1.51. The Balaban J connectivity index is 2.95. The van der Waals surface area contributed by atoms with E-state index < -0.39 is 0 Å². The summed E-state index contributed by atoms with van der Waals surface area (Å²) in [4.78, 5) is 0. The Labute approximate surface area is 94.0 Å². The Morgan fingerprint density at radius 2 is 1.67 bits per heavy atom. The minimum absolute atomic E-state index is 0.264. The largest absolute Gasteiger partial charge is 0.0751 e. The molecule has 0 aromatic heterocycles. The lowest BCUT2D eigenvalue weighted by atomic mass is 9.79. The van der Waals surface area contributed by atoms with Gasteiger partial charge in [-0.05, 0) is 29.4 Å². The van der Waals surface area contributed by atoms with Crippen LogP contribution in [0.1, 0.15) is 40.2 Å². The second kappa shape index (κ2) is 4.65. The highest BCUT2D eigenvalue weighted by Crippen LogP contribution is 2.31. The normalized spacial score (nSPS) is 13.3. The Kier molecular flexibility index (Phi) is 3.73. The summed E-state index contributed by atoms with van der Waals surface area (Å²) in [5, 5.41) is 0. The quantitative estimate of drug-likeness (QED) is 0.662. The molecular formula is C15H22. The molecule has 1 aromatic carbocycles. The number of benzene rings is 1. The molecule has 0 fully saturated rings. The summed E-state index contributed by atoms with van der Waals surface area (Å²) in [6, 6.07) is 10.6. The van der Waals surface area contributed by atoms with Gasteiger partial charge in [-0.25, -0.2) is 0 Å². The Morgan fingerprint density at radius 1 is 1.13 bits per heavy atom. The summed E-state index contributed by atoms with van der Waals surface area (Å²) in [6.45, 7) is 11.3. The van der Waals surface area contributed by atoms with Crippen LogP contribution in [0.25, 0.3) is 5.57 Å². The summed E-state index contributed by atoms with van der Waals surface area (Å²) in [7, 11) is 0. The van der Waals surface area contributed by atoms with Gasteiger partial charge >= 0.3 is 0 Å². The maximum atomic E-state index is 2.38. The molecule has 0 saturated heterocycles. The summed E-state index contributed by atoms with van der Waals surface area (Å²) in [5.41, 5.74) is 2.96. The van der Waals surface area contributed by atoms with Crippen molar-refractivity contribution in [1.82, 2.24) is 0 Å². The van der Waals surface area contributed by atoms with Crippen LogP contribution in [0.15, 0.2) is 36.4 Å². The second-order valence-electron chi connectivity index (χ2n) is 5.17. The van der Waals surface area contributed by atoms with Crippen molar-refractivity contribution in [2.75, 3.05) is 0 Å². The molecule has 0 saturated carbocycles. The third-order valence-corrected chi connectivity index (χ3v) is 3.31. The molecule has 1 rings (SSSR count). The molecule has 0 aliphatic carbocycles. The van der Waals surface area contributed by atoms with Crippen LogP contribution in [-0.2, 0) is 0 Å². The first-order valence-electron chi connectivity index (χ1n) is 5.68. The number of allylic oxidation sites excluding steroid dienone is 2. The molecule has 0 N–H and O–H groups in total. The zero-order valence-corrected chi connectivity index (χ0v) is 10.5. The van der Waals surface area contributed by atoms with Crippen molar-refractivity contribution in [3.63, 3.8) is 0 Å². The van der Waals surface area contributed by atoms with E-state index in [0.29, 0.717) is 5.92 Å². The third-order valence-electron chi connectivity index (χ3n) is 3.31. The van der Waals surface area contributed by atoms with Crippen LogP contribution in [0.2, 0.25) is 0 Å². The SMILES string of the molecule is CC(=CC(C)(C)C(C)C)c1ccccc1. The second-order valence-corrected chi connectivity index (χ2v) is 5.17. The van der Waals surface area contributed by atoms with Crippen molar-refractivity contribution >= 4 is 5.57 Å². The van der Waals surface area contributed by atoms with Crippen molar-refractivity contribution in [1.29, 1.82) is 0 Å². The van der Waals surface area contributed by atoms with E-state index in [9.17, 15) is 0 Å². The van der Waals surface area contributed by atoms with E-state index in [2.05, 4.69) is 71.0 Å². The van der Waals surface area contributed by atoms with Crippen LogP contribution in [0.5, 0.6) is 0 Å². The Morgan fingerprint density at radius 3 is 2.13 bits per heavy atom. The van der Waals surface area contributed by atoms with Gasteiger partial charge in [0.1, 0.15) is 0 Å². The molecule has 82 valence electrons. The maximum absolute atomic E-state index is 2.38. The minimum Gasteiger partial charge on any atom is -0.0751 e. The minimum atomic E-state index is 0.264. The highest BCUT2D eigenvalue weighted by Gasteiger charge is 2.19. The van der Waals surface area contributed by atoms with Crippen LogP contribution in [0.3, 0.4) is 0 Å². The van der Waals surface area contributed by atoms with Crippen LogP contribution in [0.4, 0.5) is 0 Å². The molecule has 0 unspecified atom stereocenters. The molecule has 0 heterocycles. The molecule has 0 aliphatic rings. The van der Waals surface area contributed by atoms with Crippen LogP contribution >= 0.6 is 0 Å². The fraction of sp³-hybridized carbons (Fsp3) is 0.467. The molecule has 0 bridgehead atoms. The predicted octanol–water partition coefficient (Wildman–Crippen LogP) is 4.77. The first kappa shape index (κ1) is 12.0. The van der Waals surface area contributed by atoms with E-state index in [1.165, 1.54) is 11.1 Å². The highest BCUT2D eigenvalue weighted by molar-refractivity contribution is 5.64. The predicted molar refractivity (Wildman–Crippen MR) is 68.7 cm³/mol. The number of hydrogen-bond acceptors (Lipinski definition) is 0. The molecular weight excluding hydrogens is 180 g/mol. The summed E-state index contributed by atoms with van der Waals surface area (Å²) < 4.78 is 0. The molecule has 15 heavy (non-hydrogen) atoms. The van der Waals surface area contributed by atoms with Crippen molar-refractivity contribution in [2.24, 2.45) is 11.3 Å². The highest BCUT2D eigenvalue weighted by atomic mass is 14.2. The smallest absolute Gasteiger partial charge is 0.0146 e. The fourth-order valence-electron chi connectivity index (χ4n) is 1.51. The van der Waals surface area contributed by atoms with Gasteiger partial charge in [0.2, 0.25) is 0 Å². The topological polar surface area (TPSA) is 0 Å². The molecule has 0 atom stereocenters. The number of rotatable bonds is 3. The number of hydrogen-bond donors (Lipinski definition) is 0. The Bertz CT molecular complexity index is 328. The third kappa shape index (κ3) is 3.23. The van der Waals surface area contributed by atoms with E-state index in [4.69, 9.17) is 0 Å². The van der Waals surface area contributed by atoms with Gasteiger partial charge in [0.25, 0.3) is 0 Å². The molecule has 1 aromatic rings. The first-order chi connectivity index (χ1) is 6.93. The van der Waals surface area contributed by atoms with E-state index in [1.54, 1.807) is 0 Å². The van der Waals surface area contributed by atoms with Gasteiger partial charge in [-0.1, -0.05) is 64.1 Å². The van der Waals surface area contributed by atoms with Gasteiger partial charge in [-0.2, -0.15) is 0 Å². The van der Waals surface area contributed by atoms with Gasteiger partial charge < -0.3 is 0 Å². The van der Waals surface area contributed by atoms with Gasteiger partial charge in [0.15, 0.2) is 0 Å². The van der Waals surface area contributed by atoms with Gasteiger partial charge in [-0.15, -0.1) is 0 Å². The van der Waals surface area contributed by atoms with Crippen molar-refractivity contribution in [2.45, 2.75) is 34.6 Å². The molecule has 0 radical (unpaired) electrons. The van der Waals surface area contributed by atoms with Gasteiger partial charge in [0.05, 0.1) is 0 Å². The lowest BCUT2D eigenvalue weighted by Gasteiger charge is -2.26. The lowest BCUT2D eigenvalue weighted by Crippen LogP contribution is -2.16. The summed E-state index contributed by atoms with van der Waals surface area (Å²) in [6.07, 6.45) is 2.38. The van der Waals surface area contributed by atoms with Crippen molar-refractivity contribution in [3.8, 4) is 0 Å². The van der Waals surface area contributed by atoms with Crippen LogP contribution in [-0.4, -0.2) is 0 Å². The molecule has 0 aliphatic heterocycles. The average Bonchev–Trinajstić information content (AvgIpc) is 2.18. The average molecular weight is 202 g/mol. The zero-order chi connectivity index (χ0) is 11.5. The maximum Gasteiger partial charge on any atom is -0.0146 e. The molecule has 0 amide bonds. The van der Waals surface area contributed by atoms with Gasteiger partial charge in [0, 0.05) is 0 Å². The van der Waals surface area contributed by atoms with E-state index in [0.717, 1.165) is 0 Å². The van der Waals surface area contributed by atoms with Crippen molar-refractivity contribution in [3.05, 3.63) is 42.0 Å². The van der Waals surface area contributed by atoms with E-state index in [1.807, 2.05) is 0 Å². The Hall–Kier alpha value is -1.04. The molecule has 0 nitrogen and oxygen atoms in total. The molecule has 0 heteroatoms.